The van der Waals surface area contributed by atoms with Crippen molar-refractivity contribution in [3.8, 4) is 0 Å². The number of urea groups is 1. The molecule has 0 aliphatic heterocycles. The van der Waals surface area contributed by atoms with Crippen molar-refractivity contribution in [3.05, 3.63) is 11.8 Å². The maximum atomic E-state index is 12.0. The Bertz CT molecular complexity index is 402. The first-order chi connectivity index (χ1) is 8.70. The molecular formula is C12H18BrN3O2. The predicted octanol–water partition coefficient (Wildman–Crippen LogP) is 3.37. The summed E-state index contributed by atoms with van der Waals surface area (Å²) in [7, 11) is 1.84. The second-order valence-electron chi connectivity index (χ2n) is 4.65. The van der Waals surface area contributed by atoms with Crippen molar-refractivity contribution in [2.75, 3.05) is 12.4 Å². The molecular weight excluding hydrogens is 298 g/mol. The Hall–Kier alpha value is -1.04. The largest absolute Gasteiger partial charge is 0.338 e. The lowest BCUT2D eigenvalue weighted by Crippen LogP contribution is -2.40. The highest BCUT2D eigenvalue weighted by molar-refractivity contribution is 9.08. The minimum atomic E-state index is -0.126. The van der Waals surface area contributed by atoms with Gasteiger partial charge in [-0.1, -0.05) is 40.3 Å². The molecule has 100 valence electrons. The lowest BCUT2D eigenvalue weighted by molar-refractivity contribution is 0.185. The molecule has 0 atom stereocenters. The minimum Gasteiger partial charge on any atom is -0.338 e. The summed E-state index contributed by atoms with van der Waals surface area (Å²) in [6.07, 6.45) is 5.87. The fraction of sp³-hybridized carbons (Fsp3) is 0.667. The number of anilines is 1. The monoisotopic (exact) mass is 315 g/mol. The third-order valence-corrected chi connectivity index (χ3v) is 3.94. The molecule has 2 amide bonds. The number of aromatic nitrogens is 1. The Morgan fingerprint density at radius 3 is 2.89 bits per heavy atom. The number of carbonyl (C=O) groups is 1. The molecule has 2 rings (SSSR count). The molecule has 0 aromatic carbocycles. The lowest BCUT2D eigenvalue weighted by atomic mass is 9.95. The Morgan fingerprint density at radius 2 is 2.28 bits per heavy atom. The molecule has 1 heterocycles. The molecule has 1 aliphatic carbocycles. The van der Waals surface area contributed by atoms with E-state index in [-0.39, 0.29) is 6.03 Å². The molecule has 6 heteroatoms. The van der Waals surface area contributed by atoms with Gasteiger partial charge in [0.25, 0.3) is 0 Å². The average molecular weight is 316 g/mol. The molecule has 5 nitrogen and oxygen atoms in total. The molecule has 0 saturated heterocycles. The number of hydrogen-bond donors (Lipinski definition) is 1. The van der Waals surface area contributed by atoms with E-state index in [1.54, 1.807) is 11.0 Å². The van der Waals surface area contributed by atoms with E-state index in [2.05, 4.69) is 26.4 Å². The van der Waals surface area contributed by atoms with E-state index < -0.39 is 0 Å². The number of alkyl halides is 1. The fourth-order valence-electron chi connectivity index (χ4n) is 2.26. The van der Waals surface area contributed by atoms with Gasteiger partial charge in [-0.05, 0) is 12.8 Å². The lowest BCUT2D eigenvalue weighted by Gasteiger charge is -2.30. The van der Waals surface area contributed by atoms with Gasteiger partial charge < -0.3 is 9.42 Å². The number of rotatable bonds is 3. The van der Waals surface area contributed by atoms with Crippen molar-refractivity contribution >= 4 is 27.8 Å². The van der Waals surface area contributed by atoms with Gasteiger partial charge in [-0.25, -0.2) is 4.79 Å². The first-order valence-corrected chi connectivity index (χ1v) is 7.38. The van der Waals surface area contributed by atoms with Crippen LogP contribution in [0.5, 0.6) is 0 Å². The molecule has 0 radical (unpaired) electrons. The molecule has 1 fully saturated rings. The summed E-state index contributed by atoms with van der Waals surface area (Å²) in [5.41, 5.74) is 0.769. The van der Waals surface area contributed by atoms with Gasteiger partial charge in [0.1, 0.15) is 0 Å². The van der Waals surface area contributed by atoms with Gasteiger partial charge >= 0.3 is 6.03 Å². The van der Waals surface area contributed by atoms with Crippen LogP contribution < -0.4 is 5.32 Å². The maximum Gasteiger partial charge on any atom is 0.324 e. The van der Waals surface area contributed by atoms with E-state index in [1.807, 2.05) is 7.05 Å². The average Bonchev–Trinajstić information content (AvgIpc) is 2.86. The zero-order valence-electron chi connectivity index (χ0n) is 10.5. The van der Waals surface area contributed by atoms with Gasteiger partial charge in [0.05, 0.1) is 5.69 Å². The number of amides is 2. The second kappa shape index (κ2) is 6.22. The smallest absolute Gasteiger partial charge is 0.324 e. The van der Waals surface area contributed by atoms with Crippen molar-refractivity contribution in [1.29, 1.82) is 0 Å². The molecule has 1 aromatic rings. The van der Waals surface area contributed by atoms with Gasteiger partial charge in [-0.2, -0.15) is 0 Å². The number of hydrogen-bond acceptors (Lipinski definition) is 3. The molecule has 1 aromatic heterocycles. The van der Waals surface area contributed by atoms with E-state index in [9.17, 15) is 4.79 Å². The summed E-state index contributed by atoms with van der Waals surface area (Å²) < 4.78 is 5.03. The van der Waals surface area contributed by atoms with Crippen molar-refractivity contribution in [2.45, 2.75) is 43.5 Å². The molecule has 1 saturated carbocycles. The number of halogens is 1. The molecule has 0 spiro atoms. The highest BCUT2D eigenvalue weighted by atomic mass is 79.9. The third-order valence-electron chi connectivity index (χ3n) is 3.37. The third kappa shape index (κ3) is 3.25. The first kappa shape index (κ1) is 13.4. The Kier molecular flexibility index (Phi) is 4.63. The van der Waals surface area contributed by atoms with Crippen molar-refractivity contribution < 1.29 is 9.32 Å². The van der Waals surface area contributed by atoms with Crippen LogP contribution in [0.2, 0.25) is 0 Å². The van der Waals surface area contributed by atoms with E-state index in [4.69, 9.17) is 4.52 Å². The molecule has 18 heavy (non-hydrogen) atoms. The Morgan fingerprint density at radius 1 is 1.56 bits per heavy atom. The second-order valence-corrected chi connectivity index (χ2v) is 5.21. The van der Waals surface area contributed by atoms with Crippen LogP contribution in [0, 0.1) is 0 Å². The van der Waals surface area contributed by atoms with Crippen molar-refractivity contribution in [2.24, 2.45) is 0 Å². The fourth-order valence-corrected chi connectivity index (χ4v) is 2.53. The zero-order valence-corrected chi connectivity index (χ0v) is 12.1. The number of nitrogens with one attached hydrogen (secondary N) is 1. The highest BCUT2D eigenvalue weighted by Gasteiger charge is 2.22. The Labute approximate surface area is 115 Å². The number of nitrogens with zero attached hydrogens (tertiary/aromatic N) is 2. The zero-order chi connectivity index (χ0) is 13.0. The summed E-state index contributed by atoms with van der Waals surface area (Å²) in [4.78, 5) is 13.8. The van der Waals surface area contributed by atoms with E-state index in [1.165, 1.54) is 19.3 Å². The van der Waals surface area contributed by atoms with Crippen LogP contribution in [0.3, 0.4) is 0 Å². The van der Waals surface area contributed by atoms with Crippen LogP contribution in [0.15, 0.2) is 10.6 Å². The van der Waals surface area contributed by atoms with Crippen LogP contribution in [-0.2, 0) is 5.33 Å². The van der Waals surface area contributed by atoms with Gasteiger partial charge in [-0.15, -0.1) is 0 Å². The van der Waals surface area contributed by atoms with E-state index >= 15 is 0 Å². The highest BCUT2D eigenvalue weighted by Crippen LogP contribution is 2.22. The minimum absolute atomic E-state index is 0.126. The molecule has 1 aliphatic rings. The Balaban J connectivity index is 1.90. The van der Waals surface area contributed by atoms with Crippen molar-refractivity contribution in [3.63, 3.8) is 0 Å². The van der Waals surface area contributed by atoms with Gasteiger partial charge in [-0.3, -0.25) is 5.32 Å². The summed E-state index contributed by atoms with van der Waals surface area (Å²) in [5, 5.41) is 7.15. The van der Waals surface area contributed by atoms with Crippen LogP contribution in [0.25, 0.3) is 0 Å². The van der Waals surface area contributed by atoms with Crippen LogP contribution in [0.1, 0.15) is 37.8 Å². The van der Waals surface area contributed by atoms with E-state index in [0.29, 0.717) is 17.3 Å². The SMILES string of the molecule is CN(C(=O)Nc1cc(CBr)no1)C1CCCCC1. The topological polar surface area (TPSA) is 58.4 Å². The summed E-state index contributed by atoms with van der Waals surface area (Å²) >= 11 is 3.28. The van der Waals surface area contributed by atoms with Gasteiger partial charge in [0.2, 0.25) is 5.88 Å². The standard InChI is InChI=1S/C12H18BrN3O2/c1-16(10-5-3-2-4-6-10)12(17)14-11-7-9(8-13)15-18-11/h7,10H,2-6,8H2,1H3,(H,14,17). The summed E-state index contributed by atoms with van der Waals surface area (Å²) in [6, 6.07) is 1.94. The quantitative estimate of drug-likeness (QED) is 0.870. The molecule has 0 unspecified atom stereocenters. The predicted molar refractivity (Wildman–Crippen MR) is 72.8 cm³/mol. The molecule has 0 bridgehead atoms. The number of carbonyl (C=O) groups excluding carboxylic acids is 1. The first-order valence-electron chi connectivity index (χ1n) is 6.26. The van der Waals surface area contributed by atoms with Crippen LogP contribution >= 0.6 is 15.9 Å². The summed E-state index contributed by atoms with van der Waals surface area (Å²) in [6.45, 7) is 0. The van der Waals surface area contributed by atoms with E-state index in [0.717, 1.165) is 18.5 Å². The van der Waals surface area contributed by atoms with Gasteiger partial charge in [0.15, 0.2) is 0 Å². The normalized spacial score (nSPS) is 16.6. The maximum absolute atomic E-state index is 12.0. The molecule has 1 N–H and O–H groups in total. The van der Waals surface area contributed by atoms with Crippen LogP contribution in [0.4, 0.5) is 10.7 Å². The summed E-state index contributed by atoms with van der Waals surface area (Å²) in [5.74, 6) is 0.400. The van der Waals surface area contributed by atoms with Crippen LogP contribution in [-0.4, -0.2) is 29.2 Å². The van der Waals surface area contributed by atoms with Crippen molar-refractivity contribution in [1.82, 2.24) is 10.1 Å². The van der Waals surface area contributed by atoms with Gasteiger partial charge in [0, 0.05) is 24.5 Å².